The van der Waals surface area contributed by atoms with E-state index in [0.717, 1.165) is 44.6 Å². The van der Waals surface area contributed by atoms with E-state index < -0.39 is 5.60 Å². The van der Waals surface area contributed by atoms with Gasteiger partial charge in [-0.05, 0) is 75.5 Å². The lowest BCUT2D eigenvalue weighted by Gasteiger charge is -2.66. The molecule has 5 aliphatic rings. The Morgan fingerprint density at radius 3 is 2.89 bits per heavy atom. The molecule has 2 saturated heterocycles. The van der Waals surface area contributed by atoms with Gasteiger partial charge in [-0.25, -0.2) is 0 Å². The fourth-order valence-electron chi connectivity index (χ4n) is 6.85. The molecule has 4 fully saturated rings. The molecule has 2 saturated carbocycles. The van der Waals surface area contributed by atoms with Crippen LogP contribution in [-0.2, 0) is 21.3 Å². The number of nitrogens with zero attached hydrogens (tertiary/aromatic N) is 1. The molecule has 4 nitrogen and oxygen atoms in total. The van der Waals surface area contributed by atoms with Crippen molar-refractivity contribution >= 4 is 0 Å². The molecular formula is C23H31NO3. The van der Waals surface area contributed by atoms with E-state index in [9.17, 15) is 5.11 Å². The molecule has 1 N–H and O–H groups in total. The second kappa shape index (κ2) is 5.56. The molecule has 2 heterocycles. The van der Waals surface area contributed by atoms with Gasteiger partial charge in [-0.2, -0.15) is 0 Å². The van der Waals surface area contributed by atoms with Crippen LogP contribution in [0.25, 0.3) is 0 Å². The summed E-state index contributed by atoms with van der Waals surface area (Å²) in [6, 6.07) is 7.19. The summed E-state index contributed by atoms with van der Waals surface area (Å²) in [5.74, 6) is 0.863. The van der Waals surface area contributed by atoms with Gasteiger partial charge >= 0.3 is 0 Å². The van der Waals surface area contributed by atoms with Crippen molar-refractivity contribution in [3.63, 3.8) is 0 Å². The van der Waals surface area contributed by atoms with E-state index >= 15 is 0 Å². The third-order valence-corrected chi connectivity index (χ3v) is 8.43. The summed E-state index contributed by atoms with van der Waals surface area (Å²) in [6.07, 6.45) is 7.42. The molecule has 0 aromatic heterocycles. The van der Waals surface area contributed by atoms with Gasteiger partial charge in [0, 0.05) is 18.0 Å². The smallest absolute Gasteiger partial charge is 0.147 e. The van der Waals surface area contributed by atoms with Crippen LogP contribution >= 0.6 is 0 Å². The molecule has 1 aromatic carbocycles. The number of hydrogen-bond acceptors (Lipinski definition) is 4. The van der Waals surface area contributed by atoms with Crippen molar-refractivity contribution in [3.05, 3.63) is 34.9 Å². The number of hydrogen-bond donors (Lipinski definition) is 1. The average molecular weight is 370 g/mol. The maximum absolute atomic E-state index is 12.3. The molecule has 4 heteroatoms. The fraction of sp³-hybridized carbons (Fsp3) is 0.739. The first-order chi connectivity index (χ1) is 13.0. The highest BCUT2D eigenvalue weighted by Crippen LogP contribution is 2.61. The van der Waals surface area contributed by atoms with Crippen LogP contribution in [0.3, 0.4) is 0 Å². The summed E-state index contributed by atoms with van der Waals surface area (Å²) in [5.41, 5.74) is 3.12. The molecule has 4 atom stereocenters. The van der Waals surface area contributed by atoms with Crippen molar-refractivity contribution in [2.45, 2.75) is 74.5 Å². The van der Waals surface area contributed by atoms with Gasteiger partial charge in [0.15, 0.2) is 0 Å². The normalized spacial score (nSPS) is 43.6. The lowest BCUT2D eigenvalue weighted by molar-refractivity contribution is -0.202. The zero-order valence-corrected chi connectivity index (χ0v) is 16.4. The fourth-order valence-corrected chi connectivity index (χ4v) is 6.85. The third kappa shape index (κ3) is 2.30. The van der Waals surface area contributed by atoms with Gasteiger partial charge in [-0.3, -0.25) is 4.90 Å². The number of ether oxygens (including phenoxy) is 2. The molecular weight excluding hydrogens is 338 g/mol. The predicted molar refractivity (Wildman–Crippen MR) is 103 cm³/mol. The molecule has 0 radical (unpaired) electrons. The molecule has 2 aliphatic heterocycles. The summed E-state index contributed by atoms with van der Waals surface area (Å²) in [7, 11) is 0. The highest BCUT2D eigenvalue weighted by molar-refractivity contribution is 5.47. The Bertz CT molecular complexity index is 769. The van der Waals surface area contributed by atoms with Crippen molar-refractivity contribution in [2.24, 2.45) is 5.92 Å². The van der Waals surface area contributed by atoms with Crippen molar-refractivity contribution in [3.8, 4) is 0 Å². The first kappa shape index (κ1) is 17.0. The Morgan fingerprint density at radius 1 is 1.22 bits per heavy atom. The van der Waals surface area contributed by atoms with E-state index in [2.05, 4.69) is 30.0 Å². The van der Waals surface area contributed by atoms with Crippen molar-refractivity contribution in [1.82, 2.24) is 4.90 Å². The quantitative estimate of drug-likeness (QED) is 0.870. The lowest BCUT2D eigenvalue weighted by atomic mass is 9.47. The maximum atomic E-state index is 12.3. The number of aliphatic hydroxyl groups is 1. The Morgan fingerprint density at radius 2 is 2.11 bits per heavy atom. The molecule has 1 spiro atoms. The number of fused-ring (bicyclic) bond motifs is 1. The van der Waals surface area contributed by atoms with E-state index in [0.29, 0.717) is 13.4 Å². The van der Waals surface area contributed by atoms with Gasteiger partial charge in [-0.1, -0.05) is 23.8 Å². The van der Waals surface area contributed by atoms with Gasteiger partial charge in [0.25, 0.3) is 0 Å². The first-order valence-corrected chi connectivity index (χ1v) is 10.8. The molecule has 3 aliphatic carbocycles. The summed E-state index contributed by atoms with van der Waals surface area (Å²) >= 11 is 0. The average Bonchev–Trinajstić information content (AvgIpc) is 3.36. The van der Waals surface area contributed by atoms with Crippen molar-refractivity contribution < 1.29 is 14.6 Å². The molecule has 1 aromatic rings. The van der Waals surface area contributed by atoms with Crippen LogP contribution in [0.4, 0.5) is 0 Å². The minimum Gasteiger partial charge on any atom is -0.387 e. The maximum Gasteiger partial charge on any atom is 0.147 e. The summed E-state index contributed by atoms with van der Waals surface area (Å²) in [5, 5.41) is 12.3. The largest absolute Gasteiger partial charge is 0.387 e. The van der Waals surface area contributed by atoms with Crippen LogP contribution in [-0.4, -0.2) is 53.7 Å². The van der Waals surface area contributed by atoms with Gasteiger partial charge in [-0.15, -0.1) is 0 Å². The molecule has 0 amide bonds. The van der Waals surface area contributed by atoms with E-state index in [1.165, 1.54) is 36.1 Å². The summed E-state index contributed by atoms with van der Waals surface area (Å²) in [6.45, 7) is 5.55. The Kier molecular flexibility index (Phi) is 3.50. The van der Waals surface area contributed by atoms with Gasteiger partial charge in [0.2, 0.25) is 0 Å². The minimum atomic E-state index is -0.641. The number of benzene rings is 1. The van der Waals surface area contributed by atoms with Crippen molar-refractivity contribution in [2.75, 3.05) is 26.5 Å². The highest BCUT2D eigenvalue weighted by Gasteiger charge is 2.67. The Hall–Kier alpha value is -0.940. The summed E-state index contributed by atoms with van der Waals surface area (Å²) in [4.78, 5) is 2.64. The topological polar surface area (TPSA) is 41.9 Å². The van der Waals surface area contributed by atoms with E-state index in [4.69, 9.17) is 9.47 Å². The van der Waals surface area contributed by atoms with Gasteiger partial charge < -0.3 is 14.6 Å². The number of rotatable bonds is 2. The molecule has 2 bridgehead atoms. The third-order valence-electron chi connectivity index (χ3n) is 8.43. The monoisotopic (exact) mass is 369 g/mol. The summed E-state index contributed by atoms with van der Waals surface area (Å²) < 4.78 is 11.8. The number of likely N-dealkylation sites (tertiary alicyclic amines) is 1. The van der Waals surface area contributed by atoms with Crippen LogP contribution in [0, 0.1) is 12.8 Å². The molecule has 6 rings (SSSR count). The first-order valence-electron chi connectivity index (χ1n) is 10.8. The molecule has 1 unspecified atom stereocenters. The second-order valence-corrected chi connectivity index (χ2v) is 10.0. The molecule has 27 heavy (non-hydrogen) atoms. The predicted octanol–water partition coefficient (Wildman–Crippen LogP) is 2.93. The minimum absolute atomic E-state index is 0.191. The zero-order valence-electron chi connectivity index (χ0n) is 16.4. The van der Waals surface area contributed by atoms with Gasteiger partial charge in [0.05, 0.1) is 17.8 Å². The number of aryl methyl sites for hydroxylation is 1. The van der Waals surface area contributed by atoms with Crippen LogP contribution in [0.2, 0.25) is 0 Å². The number of piperidine rings is 1. The zero-order chi connectivity index (χ0) is 18.3. The van der Waals surface area contributed by atoms with Gasteiger partial charge in [0.1, 0.15) is 6.79 Å². The van der Waals surface area contributed by atoms with E-state index in [1.807, 2.05) is 0 Å². The second-order valence-electron chi connectivity index (χ2n) is 10.0. The standard InChI is InChI=1S/C23H31NO3/c1-16-2-5-18-11-20-23(25)7-6-21(14-26-15-27-21)13-22(23,19(18)10-16)8-9-24(20)12-17-3-4-17/h2,5,10,17,20,25H,3-4,6-9,11-15H2,1H3/t20-,21?,22-,23-/m1/s1. The Balaban J connectivity index is 1.49. The Labute approximate surface area is 161 Å². The lowest BCUT2D eigenvalue weighted by Crippen LogP contribution is -2.75. The van der Waals surface area contributed by atoms with Crippen LogP contribution in [0.1, 0.15) is 55.2 Å². The SMILES string of the molecule is Cc1ccc2c(c1)[C@]13CCN(CC4CC4)[C@H](C2)[C@]1(O)CCC1(COCO1)C3. The van der Waals surface area contributed by atoms with E-state index in [-0.39, 0.29) is 17.1 Å². The molecule has 146 valence electrons. The van der Waals surface area contributed by atoms with Crippen molar-refractivity contribution in [1.29, 1.82) is 0 Å². The van der Waals surface area contributed by atoms with Crippen LogP contribution in [0.5, 0.6) is 0 Å². The highest BCUT2D eigenvalue weighted by atomic mass is 16.7. The van der Waals surface area contributed by atoms with Crippen LogP contribution in [0.15, 0.2) is 18.2 Å². The van der Waals surface area contributed by atoms with Crippen LogP contribution < -0.4 is 0 Å². The van der Waals surface area contributed by atoms with E-state index in [1.54, 1.807) is 0 Å².